The highest BCUT2D eigenvalue weighted by molar-refractivity contribution is 5.79. The molecule has 154 valence electrons. The van der Waals surface area contributed by atoms with Gasteiger partial charge in [0, 0.05) is 32.1 Å². The van der Waals surface area contributed by atoms with E-state index in [0.717, 1.165) is 25.2 Å². The number of benzene rings is 1. The monoisotopic (exact) mass is 387 g/mol. The lowest BCUT2D eigenvalue weighted by atomic mass is 10.1. The van der Waals surface area contributed by atoms with Crippen molar-refractivity contribution in [2.24, 2.45) is 10.9 Å². The van der Waals surface area contributed by atoms with Crippen LogP contribution < -0.4 is 10.6 Å². The summed E-state index contributed by atoms with van der Waals surface area (Å²) in [6.45, 7) is 8.99. The van der Waals surface area contributed by atoms with E-state index in [1.54, 1.807) is 6.20 Å². The molecule has 7 heteroatoms. The summed E-state index contributed by atoms with van der Waals surface area (Å²) in [5.41, 5.74) is 2.28. The van der Waals surface area contributed by atoms with Gasteiger partial charge in [0.2, 0.25) is 0 Å². The molecule has 0 amide bonds. The molecule has 1 aromatic heterocycles. The van der Waals surface area contributed by atoms with E-state index < -0.39 is 6.10 Å². The smallest absolute Gasteiger partial charge is 0.191 e. The van der Waals surface area contributed by atoms with Gasteiger partial charge >= 0.3 is 0 Å². The summed E-state index contributed by atoms with van der Waals surface area (Å²) in [5.74, 6) is 1.17. The average Bonchev–Trinajstić information content (AvgIpc) is 3.21. The lowest BCUT2D eigenvalue weighted by Gasteiger charge is -2.14. The molecule has 1 aromatic carbocycles. The topological polar surface area (TPSA) is 83.7 Å². The SMILES string of the molecule is CCNC(=NCC(O)COCC(C)C)NCCc1ccc(-n2cccn2)cc1. The molecule has 2 aromatic rings. The van der Waals surface area contributed by atoms with Crippen LogP contribution in [-0.2, 0) is 11.2 Å². The van der Waals surface area contributed by atoms with Crippen molar-refractivity contribution in [2.45, 2.75) is 33.3 Å². The molecule has 0 radical (unpaired) electrons. The Morgan fingerprint density at radius 3 is 2.64 bits per heavy atom. The van der Waals surface area contributed by atoms with Crippen molar-refractivity contribution in [1.29, 1.82) is 0 Å². The molecule has 0 spiro atoms. The third-order valence-electron chi connectivity index (χ3n) is 3.98. The van der Waals surface area contributed by atoms with Gasteiger partial charge in [-0.05, 0) is 43.0 Å². The fourth-order valence-electron chi connectivity index (χ4n) is 2.59. The van der Waals surface area contributed by atoms with E-state index in [1.165, 1.54) is 5.56 Å². The molecule has 7 nitrogen and oxygen atoms in total. The number of aromatic nitrogens is 2. The summed E-state index contributed by atoms with van der Waals surface area (Å²) in [6.07, 6.45) is 3.98. The second-order valence-electron chi connectivity index (χ2n) is 7.10. The quantitative estimate of drug-likeness (QED) is 0.406. The minimum atomic E-state index is -0.593. The van der Waals surface area contributed by atoms with Crippen molar-refractivity contribution in [3.8, 4) is 5.69 Å². The first-order valence-electron chi connectivity index (χ1n) is 9.95. The molecule has 0 fully saturated rings. The first-order valence-corrected chi connectivity index (χ1v) is 9.95. The maximum Gasteiger partial charge on any atom is 0.191 e. The first kappa shape index (κ1) is 21.9. The average molecular weight is 388 g/mol. The van der Waals surface area contributed by atoms with Crippen molar-refractivity contribution in [3.05, 3.63) is 48.3 Å². The van der Waals surface area contributed by atoms with Crippen molar-refractivity contribution < 1.29 is 9.84 Å². The molecular formula is C21H33N5O2. The number of ether oxygens (including phenoxy) is 1. The van der Waals surface area contributed by atoms with E-state index in [1.807, 2.05) is 23.9 Å². The number of nitrogens with one attached hydrogen (secondary N) is 2. The third-order valence-corrected chi connectivity index (χ3v) is 3.98. The summed E-state index contributed by atoms with van der Waals surface area (Å²) in [7, 11) is 0. The molecule has 0 saturated heterocycles. The minimum absolute atomic E-state index is 0.309. The number of aliphatic imine (C=N–C) groups is 1. The molecule has 28 heavy (non-hydrogen) atoms. The zero-order valence-corrected chi connectivity index (χ0v) is 17.1. The molecule has 0 saturated carbocycles. The lowest BCUT2D eigenvalue weighted by Crippen LogP contribution is -2.39. The van der Waals surface area contributed by atoms with Crippen LogP contribution in [0.15, 0.2) is 47.7 Å². The van der Waals surface area contributed by atoms with Crippen LogP contribution in [0.3, 0.4) is 0 Å². The fourth-order valence-corrected chi connectivity index (χ4v) is 2.59. The molecule has 3 N–H and O–H groups in total. The van der Waals surface area contributed by atoms with E-state index in [4.69, 9.17) is 4.74 Å². The van der Waals surface area contributed by atoms with Crippen LogP contribution in [0.1, 0.15) is 26.3 Å². The van der Waals surface area contributed by atoms with Gasteiger partial charge in [-0.1, -0.05) is 26.0 Å². The highest BCUT2D eigenvalue weighted by atomic mass is 16.5. The van der Waals surface area contributed by atoms with Gasteiger partial charge in [0.1, 0.15) is 0 Å². The molecule has 0 aliphatic heterocycles. The Kier molecular flexibility index (Phi) is 9.51. The van der Waals surface area contributed by atoms with Crippen molar-refractivity contribution in [1.82, 2.24) is 20.4 Å². The fraction of sp³-hybridized carbons (Fsp3) is 0.524. The van der Waals surface area contributed by atoms with E-state index in [2.05, 4.69) is 58.8 Å². The minimum Gasteiger partial charge on any atom is -0.389 e. The van der Waals surface area contributed by atoms with Crippen LogP contribution >= 0.6 is 0 Å². The Morgan fingerprint density at radius 2 is 2.00 bits per heavy atom. The normalized spacial score (nSPS) is 13.0. The van der Waals surface area contributed by atoms with E-state index in [0.29, 0.717) is 31.6 Å². The number of guanidine groups is 1. The predicted molar refractivity (Wildman–Crippen MR) is 113 cm³/mol. The summed E-state index contributed by atoms with van der Waals surface area (Å²) in [6, 6.07) is 10.3. The van der Waals surface area contributed by atoms with Crippen LogP contribution in [0, 0.1) is 5.92 Å². The highest BCUT2D eigenvalue weighted by Gasteiger charge is 2.06. The van der Waals surface area contributed by atoms with Crippen LogP contribution in [0.2, 0.25) is 0 Å². The number of hydrogen-bond donors (Lipinski definition) is 3. The standard InChI is InChI=1S/C21H33N5O2/c1-4-22-21(24-14-20(27)16-28-15-17(2)3)23-12-10-18-6-8-19(9-7-18)26-13-5-11-25-26/h5-9,11,13,17,20,27H,4,10,12,14-16H2,1-3H3,(H2,22,23,24). The Bertz CT molecular complexity index is 683. The maximum absolute atomic E-state index is 9.99. The summed E-state index contributed by atoms with van der Waals surface area (Å²) < 4.78 is 7.30. The predicted octanol–water partition coefficient (Wildman–Crippen LogP) is 2.00. The maximum atomic E-state index is 9.99. The number of aliphatic hydroxyl groups excluding tert-OH is 1. The van der Waals surface area contributed by atoms with E-state index >= 15 is 0 Å². The van der Waals surface area contributed by atoms with Gasteiger partial charge in [-0.25, -0.2) is 4.68 Å². The van der Waals surface area contributed by atoms with Crippen LogP contribution in [0.5, 0.6) is 0 Å². The zero-order chi connectivity index (χ0) is 20.2. The summed E-state index contributed by atoms with van der Waals surface area (Å²) >= 11 is 0. The third kappa shape index (κ3) is 8.10. The van der Waals surface area contributed by atoms with Gasteiger partial charge in [0.15, 0.2) is 5.96 Å². The van der Waals surface area contributed by atoms with Gasteiger partial charge in [0.25, 0.3) is 0 Å². The van der Waals surface area contributed by atoms with Gasteiger partial charge in [-0.2, -0.15) is 5.10 Å². The summed E-state index contributed by atoms with van der Waals surface area (Å²) in [4.78, 5) is 4.44. The number of hydrogen-bond acceptors (Lipinski definition) is 4. The van der Waals surface area contributed by atoms with Gasteiger partial charge in [-0.15, -0.1) is 0 Å². The largest absolute Gasteiger partial charge is 0.389 e. The van der Waals surface area contributed by atoms with Crippen LogP contribution in [-0.4, -0.2) is 59.8 Å². The number of rotatable bonds is 11. The lowest BCUT2D eigenvalue weighted by molar-refractivity contribution is 0.0301. The molecule has 1 atom stereocenters. The molecule has 0 aliphatic carbocycles. The molecule has 0 bridgehead atoms. The van der Waals surface area contributed by atoms with Crippen molar-refractivity contribution in [2.75, 3.05) is 32.8 Å². The van der Waals surface area contributed by atoms with Gasteiger partial charge in [-0.3, -0.25) is 4.99 Å². The summed E-state index contributed by atoms with van der Waals surface area (Å²) in [5, 5.41) is 20.7. The number of nitrogens with zero attached hydrogens (tertiary/aromatic N) is 3. The Labute approximate surface area is 167 Å². The van der Waals surface area contributed by atoms with Gasteiger partial charge in [0.05, 0.1) is 24.9 Å². The second-order valence-corrected chi connectivity index (χ2v) is 7.10. The molecule has 1 heterocycles. The molecule has 1 unspecified atom stereocenters. The zero-order valence-electron chi connectivity index (χ0n) is 17.1. The second kappa shape index (κ2) is 12.2. The molecular weight excluding hydrogens is 354 g/mol. The Morgan fingerprint density at radius 1 is 1.21 bits per heavy atom. The highest BCUT2D eigenvalue weighted by Crippen LogP contribution is 2.08. The first-order chi connectivity index (χ1) is 13.6. The van der Waals surface area contributed by atoms with Gasteiger partial charge < -0.3 is 20.5 Å². The Balaban J connectivity index is 1.76. The van der Waals surface area contributed by atoms with Crippen molar-refractivity contribution >= 4 is 5.96 Å². The molecule has 0 aliphatic rings. The Hall–Kier alpha value is -2.38. The number of aliphatic hydroxyl groups is 1. The van der Waals surface area contributed by atoms with Crippen LogP contribution in [0.25, 0.3) is 5.69 Å². The molecule has 2 rings (SSSR count). The van der Waals surface area contributed by atoms with E-state index in [9.17, 15) is 5.11 Å². The van der Waals surface area contributed by atoms with Crippen LogP contribution in [0.4, 0.5) is 0 Å². The van der Waals surface area contributed by atoms with Crippen molar-refractivity contribution in [3.63, 3.8) is 0 Å². The van der Waals surface area contributed by atoms with E-state index in [-0.39, 0.29) is 0 Å².